The molecule has 1 saturated heterocycles. The van der Waals surface area contributed by atoms with Crippen LogP contribution in [0.4, 0.5) is 0 Å². The highest BCUT2D eigenvalue weighted by molar-refractivity contribution is 5.90. The van der Waals surface area contributed by atoms with E-state index in [-0.39, 0.29) is 37.1 Å². The van der Waals surface area contributed by atoms with Gasteiger partial charge in [-0.15, -0.1) is 0 Å². The van der Waals surface area contributed by atoms with E-state index in [1.807, 2.05) is 6.07 Å². The molecule has 3 rings (SSSR count). The summed E-state index contributed by atoms with van der Waals surface area (Å²) >= 11 is 0. The molecule has 2 amide bonds. The number of ether oxygens (including phenoxy) is 3. The number of carboxylic acid groups (broad SMARTS) is 1. The second-order valence-corrected chi connectivity index (χ2v) is 11.8. The lowest BCUT2D eigenvalue weighted by Crippen LogP contribution is -2.61. The van der Waals surface area contributed by atoms with Crippen LogP contribution in [-0.4, -0.2) is 104 Å². The summed E-state index contributed by atoms with van der Waals surface area (Å²) in [5.41, 5.74) is 0.472. The van der Waals surface area contributed by atoms with Crippen LogP contribution in [0.5, 0.6) is 5.75 Å². The van der Waals surface area contributed by atoms with Crippen molar-refractivity contribution in [3.63, 3.8) is 0 Å². The zero-order valence-electron chi connectivity index (χ0n) is 25.0. The molecule has 6 N–H and O–H groups in total. The predicted molar refractivity (Wildman–Crippen MR) is 153 cm³/mol. The van der Waals surface area contributed by atoms with E-state index in [4.69, 9.17) is 14.2 Å². The maximum atomic E-state index is 12.3. The molecule has 2 aliphatic heterocycles. The van der Waals surface area contributed by atoms with Crippen LogP contribution in [0.15, 0.2) is 30.4 Å². The third-order valence-electron chi connectivity index (χ3n) is 7.22. The molecule has 2 aliphatic rings. The summed E-state index contributed by atoms with van der Waals surface area (Å²) in [5, 5.41) is 52.4. The van der Waals surface area contributed by atoms with E-state index in [0.29, 0.717) is 24.9 Å². The molecule has 0 radical (unpaired) electrons. The highest BCUT2D eigenvalue weighted by Gasteiger charge is 2.48. The molecule has 0 aromatic heterocycles. The van der Waals surface area contributed by atoms with Crippen molar-refractivity contribution in [1.82, 2.24) is 10.2 Å². The number of aliphatic hydroxyl groups excluding tert-OH is 4. The van der Waals surface area contributed by atoms with Gasteiger partial charge in [-0.3, -0.25) is 14.4 Å². The maximum absolute atomic E-state index is 12.3. The van der Waals surface area contributed by atoms with Gasteiger partial charge < -0.3 is 50.0 Å². The summed E-state index contributed by atoms with van der Waals surface area (Å²) in [7, 11) is 0. The number of benzene rings is 1. The highest BCUT2D eigenvalue weighted by Crippen LogP contribution is 2.29. The van der Waals surface area contributed by atoms with Gasteiger partial charge in [0, 0.05) is 31.1 Å². The average molecular weight is 623 g/mol. The topological polar surface area (TPSA) is 212 Å². The molecule has 1 fully saturated rings. The molecule has 2 heterocycles. The second-order valence-electron chi connectivity index (χ2n) is 11.8. The lowest BCUT2D eigenvalue weighted by Gasteiger charge is -2.38. The first-order valence-electron chi connectivity index (χ1n) is 14.5. The predicted octanol–water partition coefficient (Wildman–Crippen LogP) is -0.0172. The van der Waals surface area contributed by atoms with Crippen LogP contribution in [-0.2, 0) is 41.7 Å². The molecular formula is C30H42N2O12. The van der Waals surface area contributed by atoms with Crippen molar-refractivity contribution in [1.29, 1.82) is 0 Å². The van der Waals surface area contributed by atoms with E-state index in [9.17, 15) is 44.7 Å². The second kappa shape index (κ2) is 15.4. The first-order chi connectivity index (χ1) is 20.7. The molecule has 44 heavy (non-hydrogen) atoms. The van der Waals surface area contributed by atoms with E-state index in [0.717, 1.165) is 18.4 Å². The van der Waals surface area contributed by atoms with Crippen LogP contribution < -0.4 is 10.1 Å². The number of nitrogens with zero attached hydrogens (tertiary/aromatic N) is 1. The Morgan fingerprint density at radius 2 is 1.75 bits per heavy atom. The number of nitrogens with one attached hydrogen (secondary N) is 1. The lowest BCUT2D eigenvalue weighted by molar-refractivity contribution is -0.271. The molecule has 6 atom stereocenters. The number of aliphatic hydroxyl groups is 4. The van der Waals surface area contributed by atoms with E-state index in [2.05, 4.69) is 5.32 Å². The summed E-state index contributed by atoms with van der Waals surface area (Å²) in [6.45, 7) is 5.48. The van der Waals surface area contributed by atoms with Crippen molar-refractivity contribution in [3.8, 4) is 5.75 Å². The number of carbonyl (C=O) groups is 4. The molecular weight excluding hydrogens is 580 g/mol. The first-order valence-corrected chi connectivity index (χ1v) is 14.5. The number of aryl methyl sites for hydroxylation is 1. The Bertz CT molecular complexity index is 1210. The smallest absolute Gasteiger partial charge is 0.335 e. The summed E-state index contributed by atoms with van der Waals surface area (Å²) < 4.78 is 16.5. The number of amides is 2. The van der Waals surface area contributed by atoms with E-state index in [1.165, 1.54) is 17.1 Å². The van der Waals surface area contributed by atoms with Gasteiger partial charge in [0.1, 0.15) is 36.9 Å². The Morgan fingerprint density at radius 1 is 1.02 bits per heavy atom. The van der Waals surface area contributed by atoms with Gasteiger partial charge in [-0.2, -0.15) is 0 Å². The van der Waals surface area contributed by atoms with Crippen molar-refractivity contribution in [2.45, 2.75) is 96.4 Å². The Labute approximate surface area is 255 Å². The van der Waals surface area contributed by atoms with Crippen molar-refractivity contribution in [2.75, 3.05) is 13.1 Å². The quantitative estimate of drug-likeness (QED) is 0.119. The fourth-order valence-corrected chi connectivity index (χ4v) is 4.53. The van der Waals surface area contributed by atoms with Crippen molar-refractivity contribution in [2.24, 2.45) is 5.41 Å². The standard InChI is InChI=1S/C30H42N2O12/c1-30(2,3)29(41)42-16-18-9-8-17(15-19(18)43-28-25(38)23(36)24(37)26(44-28)27(39)40)7-5-4-6-13-31-20(33)12-14-32-21(34)10-11-22(32)35/h8-11,15,21,23-26,28,34,36-38H,4-7,12-14,16H2,1-3H3,(H,31,33)(H,39,40)/t21?,23-,24-,25+,26-,28+/m0/s1. The third-order valence-corrected chi connectivity index (χ3v) is 7.22. The molecule has 1 aromatic carbocycles. The number of esters is 1. The fraction of sp³-hybridized carbons (Fsp3) is 0.600. The van der Waals surface area contributed by atoms with Gasteiger partial charge in [0.05, 0.1) is 5.41 Å². The van der Waals surface area contributed by atoms with Crippen LogP contribution in [0.25, 0.3) is 0 Å². The molecule has 0 bridgehead atoms. The monoisotopic (exact) mass is 622 g/mol. The summed E-state index contributed by atoms with van der Waals surface area (Å²) in [6.07, 6.45) is -4.44. The number of carbonyl (C=O) groups excluding carboxylic acids is 3. The van der Waals surface area contributed by atoms with Gasteiger partial charge in [-0.1, -0.05) is 18.6 Å². The van der Waals surface area contributed by atoms with Crippen LogP contribution in [0, 0.1) is 5.41 Å². The van der Waals surface area contributed by atoms with Crippen LogP contribution in [0.2, 0.25) is 0 Å². The molecule has 0 aliphatic carbocycles. The largest absolute Gasteiger partial charge is 0.479 e. The van der Waals surface area contributed by atoms with Gasteiger partial charge >= 0.3 is 11.9 Å². The van der Waals surface area contributed by atoms with E-state index in [1.54, 1.807) is 32.9 Å². The van der Waals surface area contributed by atoms with E-state index < -0.39 is 54.3 Å². The minimum Gasteiger partial charge on any atom is -0.479 e. The summed E-state index contributed by atoms with van der Waals surface area (Å²) in [5.74, 6) is -2.42. The van der Waals surface area contributed by atoms with Crippen molar-refractivity contribution >= 4 is 23.8 Å². The Kier molecular flexibility index (Phi) is 12.3. The highest BCUT2D eigenvalue weighted by atomic mass is 16.7. The first kappa shape index (κ1) is 34.9. The lowest BCUT2D eigenvalue weighted by atomic mass is 9.97. The van der Waals surface area contributed by atoms with Gasteiger partial charge in [0.15, 0.2) is 6.10 Å². The van der Waals surface area contributed by atoms with Crippen molar-refractivity contribution in [3.05, 3.63) is 41.5 Å². The minimum atomic E-state index is -1.87. The maximum Gasteiger partial charge on any atom is 0.335 e. The number of rotatable bonds is 14. The Balaban J connectivity index is 1.56. The minimum absolute atomic E-state index is 0.0767. The zero-order chi connectivity index (χ0) is 32.6. The molecule has 14 heteroatoms. The summed E-state index contributed by atoms with van der Waals surface area (Å²) in [6, 6.07) is 5.14. The average Bonchev–Trinajstić information content (AvgIpc) is 3.28. The fourth-order valence-electron chi connectivity index (χ4n) is 4.53. The number of carboxylic acids is 1. The van der Waals surface area contributed by atoms with Gasteiger partial charge in [0.2, 0.25) is 18.1 Å². The van der Waals surface area contributed by atoms with Crippen molar-refractivity contribution < 1.29 is 58.9 Å². The SMILES string of the molecule is CC(C)(C)C(=O)OCc1ccc(CCCCCNC(=O)CCN2C(=O)C=CC2O)cc1O[C@@H]1O[C@H](C(=O)O)[C@@H](O)[C@H](O)[C@H]1O. The number of aliphatic carboxylic acids is 1. The molecule has 14 nitrogen and oxygen atoms in total. The Hall–Kier alpha value is -3.56. The third kappa shape index (κ3) is 9.47. The van der Waals surface area contributed by atoms with Crippen LogP contribution in [0.1, 0.15) is 57.6 Å². The van der Waals surface area contributed by atoms with Gasteiger partial charge in [-0.25, -0.2) is 4.79 Å². The molecule has 0 saturated carbocycles. The number of hydrogen-bond donors (Lipinski definition) is 6. The zero-order valence-corrected chi connectivity index (χ0v) is 25.0. The molecule has 1 aromatic rings. The van der Waals surface area contributed by atoms with Gasteiger partial charge in [-0.05, 0) is 57.7 Å². The Morgan fingerprint density at radius 3 is 2.39 bits per heavy atom. The number of hydrogen-bond acceptors (Lipinski definition) is 11. The van der Waals surface area contributed by atoms with Gasteiger partial charge in [0.25, 0.3) is 0 Å². The van der Waals surface area contributed by atoms with Crippen LogP contribution >= 0.6 is 0 Å². The molecule has 1 unspecified atom stereocenters. The normalized spacial score (nSPS) is 25.2. The van der Waals surface area contributed by atoms with Crippen LogP contribution in [0.3, 0.4) is 0 Å². The number of unbranched alkanes of at least 4 members (excludes halogenated alkanes) is 2. The molecule has 0 spiro atoms. The summed E-state index contributed by atoms with van der Waals surface area (Å²) in [4.78, 5) is 48.8. The van der Waals surface area contributed by atoms with E-state index >= 15 is 0 Å². The molecule has 244 valence electrons.